The number of carbonyl (C=O) groups is 1. The average molecular weight is 434 g/mol. The molecule has 3 heterocycles. The lowest BCUT2D eigenvalue weighted by molar-refractivity contribution is -0.117. The molecule has 0 atom stereocenters. The summed E-state index contributed by atoms with van der Waals surface area (Å²) in [5, 5.41) is 5.29. The smallest absolute Gasteiger partial charge is 0.228 e. The van der Waals surface area contributed by atoms with Gasteiger partial charge in [0.1, 0.15) is 10.0 Å². The number of nitrogens with zero attached hydrogens (tertiary/aromatic N) is 2. The van der Waals surface area contributed by atoms with Crippen LogP contribution in [0.25, 0.3) is 20.8 Å². The normalized spacial score (nSPS) is 16.8. The highest BCUT2D eigenvalue weighted by Gasteiger charge is 2.33. The molecule has 5 rings (SSSR count). The topological polar surface area (TPSA) is 45.2 Å². The monoisotopic (exact) mass is 433 g/mol. The third kappa shape index (κ3) is 3.59. The van der Waals surface area contributed by atoms with E-state index in [-0.39, 0.29) is 24.2 Å². The summed E-state index contributed by atoms with van der Waals surface area (Å²) in [6, 6.07) is 8.82. The largest absolute Gasteiger partial charge is 0.317 e. The van der Waals surface area contributed by atoms with Gasteiger partial charge in [-0.1, -0.05) is 12.1 Å². The first-order chi connectivity index (χ1) is 13.1. The van der Waals surface area contributed by atoms with Crippen molar-refractivity contribution in [1.82, 2.24) is 9.88 Å². The van der Waals surface area contributed by atoms with Crippen LogP contribution in [0.4, 0.5) is 5.00 Å². The molecule has 0 saturated heterocycles. The van der Waals surface area contributed by atoms with E-state index < -0.39 is 0 Å². The number of benzene rings is 1. The molecule has 7 heteroatoms. The van der Waals surface area contributed by atoms with E-state index in [0.29, 0.717) is 6.04 Å². The zero-order valence-electron chi connectivity index (χ0n) is 16.0. The van der Waals surface area contributed by atoms with Crippen molar-refractivity contribution >= 4 is 56.2 Å². The predicted octanol–water partition coefficient (Wildman–Crippen LogP) is 5.56. The van der Waals surface area contributed by atoms with Crippen LogP contribution in [-0.2, 0) is 17.8 Å². The van der Waals surface area contributed by atoms with Gasteiger partial charge < -0.3 is 5.32 Å². The van der Waals surface area contributed by atoms with E-state index in [1.165, 1.54) is 20.7 Å². The number of thiophene rings is 1. The molecule has 3 aromatic rings. The Morgan fingerprint density at radius 2 is 2.04 bits per heavy atom. The van der Waals surface area contributed by atoms with Gasteiger partial charge in [-0.05, 0) is 50.8 Å². The summed E-state index contributed by atoms with van der Waals surface area (Å²) in [5.41, 5.74) is 3.60. The molecule has 0 spiro atoms. The third-order valence-corrected chi connectivity index (χ3v) is 7.70. The van der Waals surface area contributed by atoms with Crippen LogP contribution in [0.15, 0.2) is 24.3 Å². The van der Waals surface area contributed by atoms with E-state index in [0.717, 1.165) is 47.9 Å². The Hall–Kier alpha value is -1.47. The molecule has 1 saturated carbocycles. The maximum Gasteiger partial charge on any atom is 0.228 e. The second-order valence-electron chi connectivity index (χ2n) is 7.77. The number of rotatable bonds is 4. The minimum atomic E-state index is 0. The first-order valence-corrected chi connectivity index (χ1v) is 11.3. The third-order valence-electron chi connectivity index (χ3n) is 5.51. The lowest BCUT2D eigenvalue weighted by Gasteiger charge is -2.30. The second kappa shape index (κ2) is 7.75. The highest BCUT2D eigenvalue weighted by Crippen LogP contribution is 2.46. The van der Waals surface area contributed by atoms with Crippen molar-refractivity contribution in [2.75, 3.05) is 11.9 Å². The summed E-state index contributed by atoms with van der Waals surface area (Å²) < 4.78 is 1.20. The summed E-state index contributed by atoms with van der Waals surface area (Å²) in [6.07, 6.45) is 3.07. The number of carbonyl (C=O) groups excluding carboxylic acids is 1. The van der Waals surface area contributed by atoms with Gasteiger partial charge in [-0.3, -0.25) is 9.69 Å². The van der Waals surface area contributed by atoms with Gasteiger partial charge in [0.15, 0.2) is 0 Å². The number of nitrogens with one attached hydrogen (secondary N) is 1. The van der Waals surface area contributed by atoms with E-state index in [1.807, 2.05) is 6.07 Å². The van der Waals surface area contributed by atoms with Crippen molar-refractivity contribution in [3.05, 3.63) is 34.7 Å². The molecule has 1 aromatic carbocycles. The minimum absolute atomic E-state index is 0. The average Bonchev–Trinajstić information content (AvgIpc) is 3.33. The molecule has 0 bridgehead atoms. The van der Waals surface area contributed by atoms with Crippen LogP contribution in [0.1, 0.15) is 37.1 Å². The Morgan fingerprint density at radius 1 is 1.25 bits per heavy atom. The minimum Gasteiger partial charge on any atom is -0.317 e. The first kappa shape index (κ1) is 19.8. The fourth-order valence-electron chi connectivity index (χ4n) is 3.72. The number of hydrogen-bond acceptors (Lipinski definition) is 5. The quantitative estimate of drug-likeness (QED) is 0.585. The summed E-state index contributed by atoms with van der Waals surface area (Å²) in [7, 11) is 0. The van der Waals surface area contributed by atoms with Crippen molar-refractivity contribution in [2.24, 2.45) is 5.92 Å². The number of fused-ring (bicyclic) bond motifs is 2. The van der Waals surface area contributed by atoms with Gasteiger partial charge in [-0.25, -0.2) is 4.98 Å². The number of anilines is 1. The Balaban J connectivity index is 0.00000192. The van der Waals surface area contributed by atoms with Crippen LogP contribution in [0.3, 0.4) is 0 Å². The van der Waals surface area contributed by atoms with Crippen LogP contribution >= 0.6 is 35.1 Å². The van der Waals surface area contributed by atoms with Crippen molar-refractivity contribution in [3.63, 3.8) is 0 Å². The summed E-state index contributed by atoms with van der Waals surface area (Å²) in [5.74, 6) is 0.385. The second-order valence-corrected chi connectivity index (χ2v) is 9.91. The molecule has 148 valence electrons. The number of amides is 1. The van der Waals surface area contributed by atoms with Crippen molar-refractivity contribution in [1.29, 1.82) is 0 Å². The Bertz CT molecular complexity index is 989. The molecule has 1 N–H and O–H groups in total. The summed E-state index contributed by atoms with van der Waals surface area (Å²) >= 11 is 3.49. The van der Waals surface area contributed by atoms with Crippen molar-refractivity contribution in [3.8, 4) is 10.6 Å². The Kier molecular flexibility index (Phi) is 5.49. The SMILES string of the molecule is CC(C)N1CCc2c(sc(NC(=O)C3CC3)c2-c2nc3ccccc3s2)C1.Cl. The first-order valence-electron chi connectivity index (χ1n) is 9.65. The molecule has 2 aromatic heterocycles. The van der Waals surface area contributed by atoms with Gasteiger partial charge in [0.25, 0.3) is 0 Å². The van der Waals surface area contributed by atoms with Crippen LogP contribution in [0.5, 0.6) is 0 Å². The molecule has 0 unspecified atom stereocenters. The molecular formula is C21H24ClN3OS2. The number of aromatic nitrogens is 1. The Morgan fingerprint density at radius 3 is 2.75 bits per heavy atom. The molecule has 1 amide bonds. The molecule has 1 aliphatic carbocycles. The van der Waals surface area contributed by atoms with Gasteiger partial charge in [0.2, 0.25) is 5.91 Å². The number of hydrogen-bond donors (Lipinski definition) is 1. The maximum atomic E-state index is 12.5. The lowest BCUT2D eigenvalue weighted by atomic mass is 10.0. The van der Waals surface area contributed by atoms with Crippen LogP contribution in [-0.4, -0.2) is 28.4 Å². The summed E-state index contributed by atoms with van der Waals surface area (Å²) in [4.78, 5) is 21.3. The van der Waals surface area contributed by atoms with Crippen molar-refractivity contribution < 1.29 is 4.79 Å². The van der Waals surface area contributed by atoms with Gasteiger partial charge in [-0.2, -0.15) is 0 Å². The fourth-order valence-corrected chi connectivity index (χ4v) is 6.10. The number of thiazole rings is 1. The molecule has 0 radical (unpaired) electrons. The molecule has 4 nitrogen and oxygen atoms in total. The number of para-hydroxylation sites is 1. The molecule has 28 heavy (non-hydrogen) atoms. The molecule has 1 aliphatic heterocycles. The van der Waals surface area contributed by atoms with E-state index in [9.17, 15) is 4.79 Å². The zero-order chi connectivity index (χ0) is 18.5. The van der Waals surface area contributed by atoms with Crippen LogP contribution in [0, 0.1) is 5.92 Å². The lowest BCUT2D eigenvalue weighted by Crippen LogP contribution is -2.35. The Labute approximate surface area is 179 Å². The molecule has 2 aliphatic rings. The van der Waals surface area contributed by atoms with Crippen LogP contribution < -0.4 is 5.32 Å². The van der Waals surface area contributed by atoms with E-state index in [1.54, 1.807) is 22.7 Å². The highest BCUT2D eigenvalue weighted by molar-refractivity contribution is 7.22. The van der Waals surface area contributed by atoms with Gasteiger partial charge in [0, 0.05) is 35.5 Å². The molecular weight excluding hydrogens is 410 g/mol. The van der Waals surface area contributed by atoms with Gasteiger partial charge in [0.05, 0.1) is 10.2 Å². The predicted molar refractivity (Wildman–Crippen MR) is 121 cm³/mol. The molecule has 1 fully saturated rings. The zero-order valence-corrected chi connectivity index (χ0v) is 18.5. The highest BCUT2D eigenvalue weighted by atomic mass is 35.5. The van der Waals surface area contributed by atoms with E-state index >= 15 is 0 Å². The standard InChI is InChI=1S/C21H23N3OS2.ClH/c1-12(2)24-10-9-14-17(11-24)27-21(23-19(25)13-7-8-13)18(14)20-22-15-5-3-4-6-16(15)26-20;/h3-6,12-13H,7-11H2,1-2H3,(H,23,25);1H. The van der Waals surface area contributed by atoms with Crippen LogP contribution in [0.2, 0.25) is 0 Å². The number of halogens is 1. The van der Waals surface area contributed by atoms with Gasteiger partial charge >= 0.3 is 0 Å². The van der Waals surface area contributed by atoms with Gasteiger partial charge in [-0.15, -0.1) is 35.1 Å². The fraction of sp³-hybridized carbons (Fsp3) is 0.429. The van der Waals surface area contributed by atoms with E-state index in [2.05, 4.69) is 42.3 Å². The van der Waals surface area contributed by atoms with Crippen molar-refractivity contribution in [2.45, 2.75) is 45.7 Å². The van der Waals surface area contributed by atoms with E-state index in [4.69, 9.17) is 4.98 Å². The maximum absolute atomic E-state index is 12.5. The summed E-state index contributed by atoms with van der Waals surface area (Å²) in [6.45, 7) is 6.54.